The molecule has 1 aromatic heterocycles. The molecule has 0 bridgehead atoms. The third-order valence-electron chi connectivity index (χ3n) is 0.961. The molecule has 0 spiro atoms. The first-order valence-electron chi connectivity index (χ1n) is 2.51. The Morgan fingerprint density at radius 1 is 1.64 bits per heavy atom. The third-order valence-corrected chi connectivity index (χ3v) is 1.70. The Hall–Kier alpha value is -0.0300. The average molecular weight is 259 g/mol. The van der Waals surface area contributed by atoms with E-state index in [0.29, 0.717) is 10.8 Å². The van der Waals surface area contributed by atoms with Crippen molar-refractivity contribution in [2.75, 3.05) is 5.43 Å². The van der Waals surface area contributed by atoms with Crippen LogP contribution in [0.2, 0.25) is 5.15 Å². The molecule has 0 amide bonds. The number of hydrogen-bond acceptors (Lipinski definition) is 3. The monoisotopic (exact) mass is 257 g/mol. The molecule has 0 aliphatic heterocycles. The third kappa shape index (κ3) is 2.83. The Labute approximate surface area is 83.8 Å². The molecule has 1 heterocycles. The van der Waals surface area contributed by atoms with E-state index in [4.69, 9.17) is 17.4 Å². The van der Waals surface area contributed by atoms with Gasteiger partial charge in [0.2, 0.25) is 0 Å². The van der Waals surface area contributed by atoms with Crippen LogP contribution < -0.4 is 11.3 Å². The second kappa shape index (κ2) is 4.77. The van der Waals surface area contributed by atoms with Crippen molar-refractivity contribution in [3.8, 4) is 0 Å². The fourth-order valence-corrected chi connectivity index (χ4v) is 1.01. The van der Waals surface area contributed by atoms with Gasteiger partial charge in [0.1, 0.15) is 0 Å². The lowest BCUT2D eigenvalue weighted by Crippen LogP contribution is -2.07. The highest BCUT2D eigenvalue weighted by Crippen LogP contribution is 2.21. The lowest BCUT2D eigenvalue weighted by atomic mass is 10.4. The van der Waals surface area contributed by atoms with Gasteiger partial charge in [0.05, 0.1) is 5.69 Å². The Morgan fingerprint density at radius 2 is 2.27 bits per heavy atom. The quantitative estimate of drug-likeness (QED) is 0.461. The predicted octanol–water partition coefficient (Wildman–Crippen LogP) is 2.20. The predicted molar refractivity (Wildman–Crippen MR) is 52.0 cm³/mol. The molecule has 3 N–H and O–H groups in total. The van der Waals surface area contributed by atoms with Crippen molar-refractivity contribution in [1.82, 2.24) is 4.98 Å². The van der Waals surface area contributed by atoms with Crippen molar-refractivity contribution >= 4 is 45.6 Å². The standard InChI is InChI=1S/C5H5BrClN3.ClH/c6-3-1-4(10-8)5(7)9-2-3;/h1-2,10H,8H2;1H. The van der Waals surface area contributed by atoms with Gasteiger partial charge >= 0.3 is 0 Å². The van der Waals surface area contributed by atoms with Crippen LogP contribution in [-0.4, -0.2) is 4.98 Å². The summed E-state index contributed by atoms with van der Waals surface area (Å²) in [4.78, 5) is 3.83. The van der Waals surface area contributed by atoms with Crippen molar-refractivity contribution in [1.29, 1.82) is 0 Å². The number of pyridine rings is 1. The zero-order valence-corrected chi connectivity index (χ0v) is 8.50. The maximum atomic E-state index is 5.62. The van der Waals surface area contributed by atoms with Crippen LogP contribution in [0.25, 0.3) is 0 Å². The summed E-state index contributed by atoms with van der Waals surface area (Å²) >= 11 is 8.84. The minimum absolute atomic E-state index is 0. The largest absolute Gasteiger partial charge is 0.321 e. The Balaban J connectivity index is 0.000001000. The molecule has 3 nitrogen and oxygen atoms in total. The van der Waals surface area contributed by atoms with Gasteiger partial charge in [-0.1, -0.05) is 11.6 Å². The van der Waals surface area contributed by atoms with Crippen molar-refractivity contribution < 1.29 is 0 Å². The van der Waals surface area contributed by atoms with Crippen LogP contribution in [0.1, 0.15) is 0 Å². The van der Waals surface area contributed by atoms with Gasteiger partial charge in [0.25, 0.3) is 0 Å². The van der Waals surface area contributed by atoms with E-state index in [9.17, 15) is 0 Å². The van der Waals surface area contributed by atoms with Gasteiger partial charge in [-0.05, 0) is 22.0 Å². The average Bonchev–Trinajstić information content (AvgIpc) is 1.94. The van der Waals surface area contributed by atoms with Gasteiger partial charge < -0.3 is 5.43 Å². The molecule has 62 valence electrons. The summed E-state index contributed by atoms with van der Waals surface area (Å²) in [7, 11) is 0. The van der Waals surface area contributed by atoms with Gasteiger partial charge in [-0.25, -0.2) is 4.98 Å². The Morgan fingerprint density at radius 3 is 2.73 bits per heavy atom. The number of nitrogen functional groups attached to an aromatic ring is 1. The summed E-state index contributed by atoms with van der Waals surface area (Å²) in [6, 6.07) is 1.75. The minimum atomic E-state index is 0. The molecule has 0 aliphatic rings. The van der Waals surface area contributed by atoms with Crippen LogP contribution in [0.3, 0.4) is 0 Å². The zero-order chi connectivity index (χ0) is 7.56. The van der Waals surface area contributed by atoms with E-state index >= 15 is 0 Å². The van der Waals surface area contributed by atoms with E-state index in [0.717, 1.165) is 4.47 Å². The summed E-state index contributed by atoms with van der Waals surface area (Å²) < 4.78 is 0.838. The highest BCUT2D eigenvalue weighted by atomic mass is 79.9. The SMILES string of the molecule is Cl.NNc1cc(Br)cnc1Cl. The topological polar surface area (TPSA) is 50.9 Å². The van der Waals surface area contributed by atoms with Crippen LogP contribution in [0.5, 0.6) is 0 Å². The first-order chi connectivity index (χ1) is 4.74. The van der Waals surface area contributed by atoms with Gasteiger partial charge in [-0.3, -0.25) is 5.84 Å². The van der Waals surface area contributed by atoms with Crippen molar-refractivity contribution in [3.63, 3.8) is 0 Å². The number of aromatic nitrogens is 1. The van der Waals surface area contributed by atoms with Crippen LogP contribution in [0.15, 0.2) is 16.7 Å². The van der Waals surface area contributed by atoms with Crippen molar-refractivity contribution in [2.24, 2.45) is 5.84 Å². The number of hydrazine groups is 1. The van der Waals surface area contributed by atoms with E-state index in [1.54, 1.807) is 12.3 Å². The molecule has 1 aromatic rings. The van der Waals surface area contributed by atoms with Gasteiger partial charge in [-0.15, -0.1) is 12.4 Å². The fourth-order valence-electron chi connectivity index (χ4n) is 0.524. The van der Waals surface area contributed by atoms with E-state index in [1.807, 2.05) is 0 Å². The molecule has 0 aliphatic carbocycles. The second-order valence-corrected chi connectivity index (χ2v) is 2.91. The van der Waals surface area contributed by atoms with Crippen molar-refractivity contribution in [3.05, 3.63) is 21.9 Å². The van der Waals surface area contributed by atoms with Crippen LogP contribution in [0, 0.1) is 0 Å². The molecule has 0 saturated heterocycles. The van der Waals surface area contributed by atoms with E-state index in [-0.39, 0.29) is 12.4 Å². The molecule has 11 heavy (non-hydrogen) atoms. The second-order valence-electron chi connectivity index (χ2n) is 1.64. The lowest BCUT2D eigenvalue weighted by Gasteiger charge is -2.00. The highest BCUT2D eigenvalue weighted by Gasteiger charge is 1.98. The summed E-state index contributed by atoms with van der Waals surface area (Å²) in [5, 5.41) is 0.366. The van der Waals surface area contributed by atoms with Crippen molar-refractivity contribution in [2.45, 2.75) is 0 Å². The van der Waals surface area contributed by atoms with Gasteiger partial charge in [0.15, 0.2) is 5.15 Å². The first kappa shape index (κ1) is 11.0. The van der Waals surface area contributed by atoms with Gasteiger partial charge in [0, 0.05) is 10.7 Å². The minimum Gasteiger partial charge on any atom is -0.321 e. The smallest absolute Gasteiger partial charge is 0.153 e. The normalized spacial score (nSPS) is 8.64. The highest BCUT2D eigenvalue weighted by molar-refractivity contribution is 9.10. The van der Waals surface area contributed by atoms with Crippen LogP contribution in [0.4, 0.5) is 5.69 Å². The Kier molecular flexibility index (Phi) is 4.76. The first-order valence-corrected chi connectivity index (χ1v) is 3.69. The maximum Gasteiger partial charge on any atom is 0.153 e. The van der Waals surface area contributed by atoms with Crippen LogP contribution in [-0.2, 0) is 0 Å². The molecule has 0 saturated carbocycles. The Bertz CT molecular complexity index is 243. The number of rotatable bonds is 1. The molecule has 1 rings (SSSR count). The number of nitrogens with one attached hydrogen (secondary N) is 1. The molecular weight excluding hydrogens is 253 g/mol. The number of nitrogens with zero attached hydrogens (tertiary/aromatic N) is 1. The molecule has 0 aromatic carbocycles. The summed E-state index contributed by atoms with van der Waals surface area (Å²) in [6.45, 7) is 0. The number of hydrogen-bond donors (Lipinski definition) is 2. The maximum absolute atomic E-state index is 5.62. The van der Waals surface area contributed by atoms with Gasteiger partial charge in [-0.2, -0.15) is 0 Å². The van der Waals surface area contributed by atoms with Crippen LogP contribution >= 0.6 is 39.9 Å². The van der Waals surface area contributed by atoms with E-state index in [1.165, 1.54) is 0 Å². The number of anilines is 1. The zero-order valence-electron chi connectivity index (χ0n) is 5.34. The van der Waals surface area contributed by atoms with E-state index < -0.39 is 0 Å². The summed E-state index contributed by atoms with van der Waals surface area (Å²) in [6.07, 6.45) is 1.60. The summed E-state index contributed by atoms with van der Waals surface area (Å²) in [5.41, 5.74) is 3.02. The molecular formula is C5H6BrCl2N3. The number of nitrogens with two attached hydrogens (primary N) is 1. The summed E-state index contributed by atoms with van der Waals surface area (Å²) in [5.74, 6) is 5.12. The number of halogens is 3. The fraction of sp³-hybridized carbons (Fsp3) is 0. The molecule has 0 fully saturated rings. The lowest BCUT2D eigenvalue weighted by molar-refractivity contribution is 1.26. The van der Waals surface area contributed by atoms with E-state index in [2.05, 4.69) is 26.3 Å². The molecule has 0 radical (unpaired) electrons. The molecule has 6 heteroatoms. The molecule has 0 unspecified atom stereocenters. The molecule has 0 atom stereocenters.